The number of aromatic amines is 1. The van der Waals surface area contributed by atoms with Crippen LogP contribution in [0.1, 0.15) is 10.5 Å². The Labute approximate surface area is 118 Å². The predicted octanol–water partition coefficient (Wildman–Crippen LogP) is 2.37. The van der Waals surface area contributed by atoms with Crippen LogP contribution in [0, 0.1) is 0 Å². The van der Waals surface area contributed by atoms with Gasteiger partial charge in [-0.25, -0.2) is 4.98 Å². The van der Waals surface area contributed by atoms with Crippen LogP contribution in [0.3, 0.4) is 0 Å². The summed E-state index contributed by atoms with van der Waals surface area (Å²) >= 11 is 1.55. The van der Waals surface area contributed by atoms with Gasteiger partial charge in [0.2, 0.25) is 0 Å². The number of H-pyrrole nitrogens is 1. The van der Waals surface area contributed by atoms with E-state index in [1.807, 2.05) is 29.6 Å². The molecule has 7 heteroatoms. The van der Waals surface area contributed by atoms with Crippen molar-refractivity contribution in [3.63, 3.8) is 0 Å². The maximum absolute atomic E-state index is 12.0. The lowest BCUT2D eigenvalue weighted by Crippen LogP contribution is -2.12. The number of benzene rings is 1. The van der Waals surface area contributed by atoms with Gasteiger partial charge >= 0.3 is 0 Å². The van der Waals surface area contributed by atoms with Crippen molar-refractivity contribution in [2.24, 2.45) is 0 Å². The lowest BCUT2D eigenvalue weighted by atomic mass is 10.2. The Morgan fingerprint density at radius 3 is 2.95 bits per heavy atom. The summed E-state index contributed by atoms with van der Waals surface area (Å²) in [6, 6.07) is 8.99. The summed E-state index contributed by atoms with van der Waals surface area (Å²) < 4.78 is 0. The summed E-state index contributed by atoms with van der Waals surface area (Å²) in [5.41, 5.74) is 7.44. The quantitative estimate of drug-likeness (QED) is 0.688. The van der Waals surface area contributed by atoms with E-state index in [1.165, 1.54) is 6.07 Å². The van der Waals surface area contributed by atoms with E-state index in [0.717, 1.165) is 10.6 Å². The highest BCUT2D eigenvalue weighted by molar-refractivity contribution is 7.13. The lowest BCUT2D eigenvalue weighted by molar-refractivity contribution is 0.102. The largest absolute Gasteiger partial charge is 0.382 e. The van der Waals surface area contributed by atoms with Gasteiger partial charge in [0, 0.05) is 28.9 Å². The SMILES string of the molecule is Nc1cc(C(=O)Nc2cccc(-c3nccs3)c2)[nH]n1. The van der Waals surface area contributed by atoms with Gasteiger partial charge in [-0.2, -0.15) is 5.10 Å². The van der Waals surface area contributed by atoms with Gasteiger partial charge < -0.3 is 11.1 Å². The van der Waals surface area contributed by atoms with Crippen LogP contribution in [0.5, 0.6) is 0 Å². The molecule has 0 bridgehead atoms. The Bertz CT molecular complexity index is 735. The monoisotopic (exact) mass is 285 g/mol. The number of nitrogens with two attached hydrogens (primary N) is 1. The van der Waals surface area contributed by atoms with Crippen LogP contribution in [-0.2, 0) is 0 Å². The molecule has 0 atom stereocenters. The number of carbonyl (C=O) groups is 1. The van der Waals surface area contributed by atoms with Crippen LogP contribution in [0.4, 0.5) is 11.5 Å². The molecule has 1 amide bonds. The van der Waals surface area contributed by atoms with Gasteiger partial charge in [0.1, 0.15) is 16.5 Å². The molecular formula is C13H11N5OS. The zero-order valence-electron chi connectivity index (χ0n) is 10.3. The highest BCUT2D eigenvalue weighted by Gasteiger charge is 2.09. The number of hydrogen-bond donors (Lipinski definition) is 3. The molecule has 0 spiro atoms. The third kappa shape index (κ3) is 2.52. The van der Waals surface area contributed by atoms with Gasteiger partial charge in [0.15, 0.2) is 0 Å². The topological polar surface area (TPSA) is 96.7 Å². The summed E-state index contributed by atoms with van der Waals surface area (Å²) in [7, 11) is 0. The molecule has 0 saturated carbocycles. The van der Waals surface area contributed by atoms with Crippen LogP contribution in [0.15, 0.2) is 41.9 Å². The Morgan fingerprint density at radius 1 is 1.35 bits per heavy atom. The minimum atomic E-state index is -0.287. The minimum Gasteiger partial charge on any atom is -0.382 e. The molecule has 100 valence electrons. The second-order valence-corrected chi connectivity index (χ2v) is 4.97. The maximum Gasteiger partial charge on any atom is 0.273 e. The number of carbonyl (C=O) groups excluding carboxylic acids is 1. The normalized spacial score (nSPS) is 10.4. The molecule has 0 fully saturated rings. The van der Waals surface area contributed by atoms with E-state index in [9.17, 15) is 4.79 Å². The zero-order chi connectivity index (χ0) is 13.9. The third-order valence-electron chi connectivity index (χ3n) is 2.64. The molecule has 0 aliphatic heterocycles. The number of anilines is 2. The highest BCUT2D eigenvalue weighted by atomic mass is 32.1. The van der Waals surface area contributed by atoms with Crippen LogP contribution in [0.25, 0.3) is 10.6 Å². The van der Waals surface area contributed by atoms with Crippen LogP contribution in [0.2, 0.25) is 0 Å². The summed E-state index contributed by atoms with van der Waals surface area (Å²) in [6.07, 6.45) is 1.75. The number of nitrogen functional groups attached to an aromatic ring is 1. The van der Waals surface area contributed by atoms with Crippen molar-refractivity contribution < 1.29 is 4.79 Å². The number of hydrogen-bond acceptors (Lipinski definition) is 5. The number of nitrogens with one attached hydrogen (secondary N) is 2. The van der Waals surface area contributed by atoms with Gasteiger partial charge in [-0.3, -0.25) is 9.89 Å². The molecule has 3 aromatic rings. The van der Waals surface area contributed by atoms with Gasteiger partial charge in [-0.15, -0.1) is 11.3 Å². The predicted molar refractivity (Wildman–Crippen MR) is 78.5 cm³/mol. The van der Waals surface area contributed by atoms with Crippen LogP contribution in [-0.4, -0.2) is 21.1 Å². The highest BCUT2D eigenvalue weighted by Crippen LogP contribution is 2.24. The average molecular weight is 285 g/mol. The first kappa shape index (κ1) is 12.4. The van der Waals surface area contributed by atoms with Crippen molar-refractivity contribution in [3.05, 3.63) is 47.6 Å². The molecule has 0 aliphatic rings. The molecule has 0 saturated heterocycles. The van der Waals surface area contributed by atoms with E-state index in [1.54, 1.807) is 17.5 Å². The lowest BCUT2D eigenvalue weighted by Gasteiger charge is -2.05. The molecule has 20 heavy (non-hydrogen) atoms. The van der Waals surface area contributed by atoms with Crippen molar-refractivity contribution in [3.8, 4) is 10.6 Å². The van der Waals surface area contributed by atoms with Crippen LogP contribution < -0.4 is 11.1 Å². The fourth-order valence-corrected chi connectivity index (χ4v) is 2.38. The summed E-state index contributed by atoms with van der Waals surface area (Å²) in [6.45, 7) is 0. The Kier molecular flexibility index (Phi) is 3.18. The molecular weight excluding hydrogens is 274 g/mol. The summed E-state index contributed by atoms with van der Waals surface area (Å²) in [5.74, 6) is -0.00262. The zero-order valence-corrected chi connectivity index (χ0v) is 11.1. The van der Waals surface area contributed by atoms with Crippen molar-refractivity contribution in [2.45, 2.75) is 0 Å². The summed E-state index contributed by atoms with van der Waals surface area (Å²) in [5, 5.41) is 11.9. The Hall–Kier alpha value is -2.67. The van der Waals surface area contributed by atoms with Crippen molar-refractivity contribution in [1.82, 2.24) is 15.2 Å². The van der Waals surface area contributed by atoms with E-state index < -0.39 is 0 Å². The van der Waals surface area contributed by atoms with E-state index in [4.69, 9.17) is 5.73 Å². The third-order valence-corrected chi connectivity index (χ3v) is 3.46. The second-order valence-electron chi connectivity index (χ2n) is 4.08. The fraction of sp³-hybridized carbons (Fsp3) is 0. The van der Waals surface area contributed by atoms with Crippen LogP contribution >= 0.6 is 11.3 Å². The van der Waals surface area contributed by atoms with E-state index >= 15 is 0 Å². The van der Waals surface area contributed by atoms with E-state index in [2.05, 4.69) is 20.5 Å². The Morgan fingerprint density at radius 2 is 2.25 bits per heavy atom. The molecule has 0 radical (unpaired) electrons. The van der Waals surface area contributed by atoms with Gasteiger partial charge in [-0.05, 0) is 12.1 Å². The molecule has 4 N–H and O–H groups in total. The fourth-order valence-electron chi connectivity index (χ4n) is 1.75. The standard InChI is InChI=1S/C13H11N5OS/c14-11-7-10(17-18-11)12(19)16-9-3-1-2-8(6-9)13-15-4-5-20-13/h1-7H,(H,16,19)(H3,14,17,18). The number of amides is 1. The van der Waals surface area contributed by atoms with E-state index in [0.29, 0.717) is 11.4 Å². The molecule has 0 unspecified atom stereocenters. The molecule has 6 nitrogen and oxygen atoms in total. The molecule has 2 heterocycles. The second kappa shape index (κ2) is 5.14. The van der Waals surface area contributed by atoms with Gasteiger partial charge in [-0.1, -0.05) is 12.1 Å². The first-order valence-electron chi connectivity index (χ1n) is 5.84. The first-order valence-corrected chi connectivity index (χ1v) is 6.72. The Balaban J connectivity index is 1.81. The molecule has 1 aromatic carbocycles. The number of nitrogens with zero attached hydrogens (tertiary/aromatic N) is 2. The van der Waals surface area contributed by atoms with Crippen molar-refractivity contribution in [1.29, 1.82) is 0 Å². The summed E-state index contributed by atoms with van der Waals surface area (Å²) in [4.78, 5) is 16.2. The minimum absolute atomic E-state index is 0.284. The van der Waals surface area contributed by atoms with Gasteiger partial charge in [0.05, 0.1) is 0 Å². The number of aromatic nitrogens is 3. The van der Waals surface area contributed by atoms with Crippen molar-refractivity contribution in [2.75, 3.05) is 11.1 Å². The van der Waals surface area contributed by atoms with Crippen molar-refractivity contribution >= 4 is 28.7 Å². The number of rotatable bonds is 3. The molecule has 3 rings (SSSR count). The first-order chi connectivity index (χ1) is 9.72. The average Bonchev–Trinajstić information content (AvgIpc) is 3.10. The van der Waals surface area contributed by atoms with E-state index in [-0.39, 0.29) is 11.7 Å². The molecule has 2 aromatic heterocycles. The molecule has 0 aliphatic carbocycles. The smallest absolute Gasteiger partial charge is 0.273 e. The van der Waals surface area contributed by atoms with Gasteiger partial charge in [0.25, 0.3) is 5.91 Å². The number of thiazole rings is 1. The maximum atomic E-state index is 12.0.